The fourth-order valence-electron chi connectivity index (χ4n) is 4.63. The summed E-state index contributed by atoms with van der Waals surface area (Å²) in [6, 6.07) is 10.1. The Kier molecular flexibility index (Phi) is 8.78. The van der Waals surface area contributed by atoms with Crippen molar-refractivity contribution in [2.24, 2.45) is 5.92 Å². The van der Waals surface area contributed by atoms with E-state index in [0.717, 1.165) is 31.2 Å². The van der Waals surface area contributed by atoms with Gasteiger partial charge in [-0.1, -0.05) is 29.3 Å². The molecule has 0 unspecified atom stereocenters. The number of nitrogens with zero attached hydrogens (tertiary/aromatic N) is 1. The van der Waals surface area contributed by atoms with Crippen LogP contribution < -0.4 is 4.74 Å². The van der Waals surface area contributed by atoms with Crippen molar-refractivity contribution in [1.29, 1.82) is 0 Å². The molecule has 4 rings (SSSR count). The number of aryl methyl sites for hydroxylation is 2. The molecule has 1 fully saturated rings. The van der Waals surface area contributed by atoms with Crippen LogP contribution in [0, 0.1) is 5.92 Å². The van der Waals surface area contributed by atoms with Crippen LogP contribution in [0.25, 0.3) is 5.57 Å². The molecule has 1 N–H and O–H groups in total. The van der Waals surface area contributed by atoms with Gasteiger partial charge in [0.2, 0.25) is 0 Å². The third kappa shape index (κ3) is 6.51. The van der Waals surface area contributed by atoms with E-state index in [1.54, 1.807) is 6.07 Å². The number of fused-ring (bicyclic) bond motifs is 1. The average Bonchev–Trinajstić information content (AvgIpc) is 2.74. The van der Waals surface area contributed by atoms with Gasteiger partial charge in [-0.2, -0.15) is 13.2 Å². The van der Waals surface area contributed by atoms with Gasteiger partial charge in [-0.15, -0.1) is 12.4 Å². The van der Waals surface area contributed by atoms with Crippen LogP contribution in [0.3, 0.4) is 0 Å². The highest BCUT2D eigenvalue weighted by Crippen LogP contribution is 2.36. The topological polar surface area (TPSA) is 49.8 Å². The molecule has 0 amide bonds. The summed E-state index contributed by atoms with van der Waals surface area (Å²) in [5, 5.41) is 8.77. The highest BCUT2D eigenvalue weighted by atomic mass is 35.5. The predicted molar refractivity (Wildman–Crippen MR) is 132 cm³/mol. The summed E-state index contributed by atoms with van der Waals surface area (Å²) in [5.74, 6) is -0.209. The Morgan fingerprint density at radius 3 is 2.60 bits per heavy atom. The third-order valence-corrected chi connectivity index (χ3v) is 6.97. The summed E-state index contributed by atoms with van der Waals surface area (Å²) in [6.07, 6.45) is -1.56. The van der Waals surface area contributed by atoms with Crippen LogP contribution in [0.4, 0.5) is 13.2 Å². The van der Waals surface area contributed by atoms with Crippen LogP contribution in [-0.2, 0) is 23.8 Å². The number of rotatable bonds is 8. The van der Waals surface area contributed by atoms with Gasteiger partial charge in [-0.05, 0) is 79.1 Å². The normalized spacial score (nSPS) is 16.4. The number of carboxylic acids is 1. The Balaban J connectivity index is 0.00000342. The molecule has 2 aliphatic rings. The van der Waals surface area contributed by atoms with Crippen LogP contribution in [0.5, 0.6) is 5.75 Å². The van der Waals surface area contributed by atoms with Gasteiger partial charge in [0.05, 0.1) is 23.1 Å². The number of hydrogen-bond acceptors (Lipinski definition) is 3. The van der Waals surface area contributed by atoms with Crippen molar-refractivity contribution in [1.82, 2.24) is 4.90 Å². The Bertz CT molecular complexity index is 1110. The third-order valence-electron chi connectivity index (χ3n) is 6.64. The predicted octanol–water partition coefficient (Wildman–Crippen LogP) is 6.53. The zero-order valence-corrected chi connectivity index (χ0v) is 20.9. The molecule has 0 radical (unpaired) electrons. The van der Waals surface area contributed by atoms with Gasteiger partial charge < -0.3 is 9.84 Å². The van der Waals surface area contributed by atoms with Crippen molar-refractivity contribution >= 4 is 35.6 Å². The monoisotopic (exact) mass is 529 g/mol. The number of aliphatic carboxylic acids is 1. The van der Waals surface area contributed by atoms with Crippen molar-refractivity contribution in [3.8, 4) is 5.75 Å². The lowest BCUT2D eigenvalue weighted by Crippen LogP contribution is -2.50. The number of carboxylic acid groups (broad SMARTS) is 1. The smallest absolute Gasteiger partial charge is 0.417 e. The van der Waals surface area contributed by atoms with E-state index in [-0.39, 0.29) is 23.3 Å². The number of ether oxygens (including phenoxy) is 1. The lowest BCUT2D eigenvalue weighted by atomic mass is 9.85. The highest BCUT2D eigenvalue weighted by molar-refractivity contribution is 6.31. The summed E-state index contributed by atoms with van der Waals surface area (Å²) < 4.78 is 44.9. The van der Waals surface area contributed by atoms with Crippen LogP contribution >= 0.6 is 24.0 Å². The Morgan fingerprint density at radius 2 is 1.91 bits per heavy atom. The number of alkyl halides is 3. The molecule has 1 saturated heterocycles. The molecule has 2 aromatic rings. The van der Waals surface area contributed by atoms with Crippen molar-refractivity contribution < 1.29 is 27.8 Å². The SMILES string of the molecule is CC1=C(CN2CC(C(=O)O)C2)CCc2cc(OCCCc3ccc(Cl)c(C(F)(F)F)c3)ccc21.Cl. The molecular formula is C26H28Cl2F3NO3. The van der Waals surface area contributed by atoms with Crippen LogP contribution in [0.15, 0.2) is 42.0 Å². The molecule has 9 heteroatoms. The maximum Gasteiger partial charge on any atom is 0.417 e. The maximum absolute atomic E-state index is 13.0. The first kappa shape index (κ1) is 27.4. The van der Waals surface area contributed by atoms with Gasteiger partial charge in [-0.3, -0.25) is 9.69 Å². The van der Waals surface area contributed by atoms with Crippen LogP contribution in [0.1, 0.15) is 42.0 Å². The van der Waals surface area contributed by atoms with E-state index < -0.39 is 17.7 Å². The zero-order chi connectivity index (χ0) is 24.5. The Hall–Kier alpha value is -2.22. The lowest BCUT2D eigenvalue weighted by Gasteiger charge is -2.38. The molecule has 0 bridgehead atoms. The van der Waals surface area contributed by atoms with Gasteiger partial charge in [0, 0.05) is 19.6 Å². The van der Waals surface area contributed by atoms with Crippen molar-refractivity contribution in [3.05, 3.63) is 69.2 Å². The van der Waals surface area contributed by atoms with Crippen molar-refractivity contribution in [3.63, 3.8) is 0 Å². The van der Waals surface area contributed by atoms with Gasteiger partial charge in [0.1, 0.15) is 5.75 Å². The summed E-state index contributed by atoms with van der Waals surface area (Å²) >= 11 is 5.68. The second-order valence-electron chi connectivity index (χ2n) is 9.04. The van der Waals surface area contributed by atoms with E-state index in [0.29, 0.717) is 38.1 Å². The average molecular weight is 530 g/mol. The number of allylic oxidation sites excluding steroid dienone is 1. The molecule has 0 atom stereocenters. The molecule has 0 spiro atoms. The number of benzene rings is 2. The Labute approximate surface area is 214 Å². The molecule has 1 aliphatic carbocycles. The summed E-state index contributed by atoms with van der Waals surface area (Å²) in [4.78, 5) is 13.2. The molecule has 0 saturated carbocycles. The van der Waals surface area contributed by atoms with Gasteiger partial charge in [0.25, 0.3) is 0 Å². The first-order chi connectivity index (χ1) is 16.1. The standard InChI is InChI=1S/C26H27ClF3NO3.ClH/c1-16-19(13-31-14-20(15-31)25(32)33)6-5-18-12-21(7-8-22(16)18)34-10-2-3-17-4-9-24(27)23(11-17)26(28,29)30;/h4,7-9,11-12,20H,2-3,5-6,10,13-15H2,1H3,(H,32,33);1H. The molecule has 4 nitrogen and oxygen atoms in total. The largest absolute Gasteiger partial charge is 0.494 e. The minimum Gasteiger partial charge on any atom is -0.494 e. The summed E-state index contributed by atoms with van der Waals surface area (Å²) in [6.45, 7) is 4.55. The molecule has 190 valence electrons. The van der Waals surface area contributed by atoms with Crippen LogP contribution in [0.2, 0.25) is 5.02 Å². The van der Waals surface area contributed by atoms with Gasteiger partial charge >= 0.3 is 12.1 Å². The first-order valence-corrected chi connectivity index (χ1v) is 11.7. The van der Waals surface area contributed by atoms with Crippen molar-refractivity contribution in [2.45, 2.75) is 38.8 Å². The lowest BCUT2D eigenvalue weighted by molar-refractivity contribution is -0.147. The number of likely N-dealkylation sites (tertiary alicyclic amines) is 1. The van der Waals surface area contributed by atoms with E-state index in [9.17, 15) is 18.0 Å². The first-order valence-electron chi connectivity index (χ1n) is 11.4. The van der Waals surface area contributed by atoms with E-state index in [1.807, 2.05) is 12.1 Å². The molecule has 35 heavy (non-hydrogen) atoms. The van der Waals surface area contributed by atoms with E-state index in [1.165, 1.54) is 28.3 Å². The summed E-state index contributed by atoms with van der Waals surface area (Å²) in [7, 11) is 0. The summed E-state index contributed by atoms with van der Waals surface area (Å²) in [5.41, 5.74) is 4.79. The molecule has 2 aromatic carbocycles. The Morgan fingerprint density at radius 1 is 1.17 bits per heavy atom. The molecule has 0 aromatic heterocycles. The number of carbonyl (C=O) groups is 1. The highest BCUT2D eigenvalue weighted by Gasteiger charge is 2.34. The second-order valence-corrected chi connectivity index (χ2v) is 9.45. The van der Waals surface area contributed by atoms with Gasteiger partial charge in [-0.25, -0.2) is 0 Å². The zero-order valence-electron chi connectivity index (χ0n) is 19.3. The maximum atomic E-state index is 13.0. The molecular weight excluding hydrogens is 502 g/mol. The van der Waals surface area contributed by atoms with Gasteiger partial charge in [0.15, 0.2) is 0 Å². The number of halogens is 5. The fourth-order valence-corrected chi connectivity index (χ4v) is 4.85. The fraction of sp³-hybridized carbons (Fsp3) is 0.423. The quantitative estimate of drug-likeness (QED) is 0.395. The molecule has 1 aliphatic heterocycles. The minimum atomic E-state index is -4.46. The van der Waals surface area contributed by atoms with E-state index in [4.69, 9.17) is 21.4 Å². The number of hydrogen-bond donors (Lipinski definition) is 1. The second kappa shape index (κ2) is 11.2. The van der Waals surface area contributed by atoms with Crippen molar-refractivity contribution in [2.75, 3.05) is 26.2 Å². The molecule has 1 heterocycles. The van der Waals surface area contributed by atoms with Crippen LogP contribution in [-0.4, -0.2) is 42.2 Å². The minimum absolute atomic E-state index is 0. The van der Waals surface area contributed by atoms with E-state index >= 15 is 0 Å². The van der Waals surface area contributed by atoms with E-state index in [2.05, 4.69) is 17.9 Å².